The second-order valence-corrected chi connectivity index (χ2v) is 16.2. The van der Waals surface area contributed by atoms with Crippen molar-refractivity contribution < 1.29 is 14.3 Å². The van der Waals surface area contributed by atoms with Crippen LogP contribution in [-0.2, 0) is 9.53 Å². The summed E-state index contributed by atoms with van der Waals surface area (Å²) in [4.78, 5) is 48.8. The number of anilines is 4. The number of rotatable bonds is 7. The highest BCUT2D eigenvalue weighted by Crippen LogP contribution is 2.44. The molecular weight excluding hydrogens is 628 g/mol. The first-order valence-corrected chi connectivity index (χ1v) is 18.4. The van der Waals surface area contributed by atoms with Crippen molar-refractivity contribution in [1.29, 1.82) is 0 Å². The lowest BCUT2D eigenvalue weighted by Crippen LogP contribution is -2.47. The van der Waals surface area contributed by atoms with Crippen LogP contribution in [0.25, 0.3) is 0 Å². The molecule has 1 aliphatic carbocycles. The Hall–Kier alpha value is -3.18. The number of aromatic nitrogens is 3. The summed E-state index contributed by atoms with van der Waals surface area (Å²) >= 11 is 6.59. The molecule has 260 valence electrons. The van der Waals surface area contributed by atoms with E-state index in [-0.39, 0.29) is 17.4 Å². The van der Waals surface area contributed by atoms with E-state index in [0.717, 1.165) is 113 Å². The van der Waals surface area contributed by atoms with Gasteiger partial charge < -0.3 is 29.7 Å². The molecule has 0 bridgehead atoms. The van der Waals surface area contributed by atoms with Gasteiger partial charge in [0.05, 0.1) is 35.4 Å². The fraction of sp³-hybridized carbons (Fsp3) is 0.694. The highest BCUT2D eigenvalue weighted by Gasteiger charge is 2.48. The molecule has 2 amide bonds. The van der Waals surface area contributed by atoms with E-state index in [0.29, 0.717) is 23.4 Å². The Morgan fingerprint density at radius 1 is 0.979 bits per heavy atom. The van der Waals surface area contributed by atoms with Crippen LogP contribution in [0.1, 0.15) is 78.6 Å². The van der Waals surface area contributed by atoms with Gasteiger partial charge in [0.25, 0.3) is 0 Å². The van der Waals surface area contributed by atoms with Crippen LogP contribution in [0.5, 0.6) is 0 Å². The van der Waals surface area contributed by atoms with Gasteiger partial charge in [-0.1, -0.05) is 11.6 Å². The van der Waals surface area contributed by atoms with E-state index in [1.54, 1.807) is 18.6 Å². The fourth-order valence-electron chi connectivity index (χ4n) is 8.25. The number of pyridine rings is 1. The van der Waals surface area contributed by atoms with Gasteiger partial charge >= 0.3 is 6.09 Å². The van der Waals surface area contributed by atoms with E-state index in [9.17, 15) is 9.59 Å². The van der Waals surface area contributed by atoms with Crippen LogP contribution in [0, 0.1) is 23.2 Å². The molecular formula is C36H51ClN8O3. The van der Waals surface area contributed by atoms with Gasteiger partial charge in [0.15, 0.2) is 5.82 Å². The van der Waals surface area contributed by atoms with Crippen molar-refractivity contribution in [2.75, 3.05) is 67.5 Å². The Labute approximate surface area is 289 Å². The zero-order valence-corrected chi connectivity index (χ0v) is 29.6. The lowest BCUT2D eigenvalue weighted by atomic mass is 9.77. The molecule has 7 rings (SSSR count). The molecule has 1 unspecified atom stereocenters. The molecule has 12 heteroatoms. The van der Waals surface area contributed by atoms with Crippen molar-refractivity contribution >= 4 is 46.7 Å². The number of halogens is 1. The lowest BCUT2D eigenvalue weighted by Gasteiger charge is -2.40. The van der Waals surface area contributed by atoms with E-state index in [2.05, 4.69) is 25.1 Å². The summed E-state index contributed by atoms with van der Waals surface area (Å²) in [6, 6.07) is 1.98. The minimum absolute atomic E-state index is 0.205. The first-order valence-electron chi connectivity index (χ1n) is 18.1. The summed E-state index contributed by atoms with van der Waals surface area (Å²) in [6.07, 6.45) is 14.8. The minimum atomic E-state index is -0.468. The average Bonchev–Trinajstić information content (AvgIpc) is 3.88. The van der Waals surface area contributed by atoms with Gasteiger partial charge in [0, 0.05) is 39.3 Å². The van der Waals surface area contributed by atoms with Crippen molar-refractivity contribution in [3.05, 3.63) is 29.7 Å². The molecule has 1 saturated carbocycles. The lowest BCUT2D eigenvalue weighted by molar-refractivity contribution is -0.128. The smallest absolute Gasteiger partial charge is 0.410 e. The summed E-state index contributed by atoms with van der Waals surface area (Å²) in [5, 5.41) is 3.90. The number of hydrogen-bond acceptors (Lipinski definition) is 9. The van der Waals surface area contributed by atoms with E-state index in [4.69, 9.17) is 21.3 Å². The third-order valence-electron chi connectivity index (χ3n) is 11.2. The number of amides is 2. The molecule has 0 aromatic carbocycles. The number of piperidine rings is 3. The van der Waals surface area contributed by atoms with Crippen molar-refractivity contribution in [3.8, 4) is 0 Å². The van der Waals surface area contributed by atoms with Crippen molar-refractivity contribution in [1.82, 2.24) is 24.8 Å². The second kappa shape index (κ2) is 13.6. The Kier molecular flexibility index (Phi) is 9.45. The number of carbonyl (C=O) groups is 2. The number of nitrogens with one attached hydrogen (secondary N) is 1. The van der Waals surface area contributed by atoms with Crippen LogP contribution in [0.4, 0.5) is 27.9 Å². The second-order valence-electron chi connectivity index (χ2n) is 15.8. The molecule has 1 N–H and O–H groups in total. The topological polar surface area (TPSA) is 107 Å². The van der Waals surface area contributed by atoms with Crippen LogP contribution in [0.2, 0.25) is 5.02 Å². The molecule has 48 heavy (non-hydrogen) atoms. The number of hydrogen-bond donors (Lipinski definition) is 1. The van der Waals surface area contributed by atoms with Crippen LogP contribution in [-0.4, -0.2) is 94.7 Å². The maximum absolute atomic E-state index is 13.9. The molecule has 4 saturated heterocycles. The van der Waals surface area contributed by atoms with Crippen LogP contribution in [0.3, 0.4) is 0 Å². The largest absolute Gasteiger partial charge is 0.444 e. The quantitative estimate of drug-likeness (QED) is 0.358. The first-order chi connectivity index (χ1) is 23.0. The number of carbonyl (C=O) groups excluding carboxylic acids is 2. The van der Waals surface area contributed by atoms with Crippen LogP contribution >= 0.6 is 11.6 Å². The van der Waals surface area contributed by atoms with E-state index >= 15 is 0 Å². The Morgan fingerprint density at radius 3 is 2.46 bits per heavy atom. The monoisotopic (exact) mass is 678 g/mol. The van der Waals surface area contributed by atoms with Crippen molar-refractivity contribution in [3.63, 3.8) is 0 Å². The molecule has 5 aliphatic rings. The Bertz CT molecular complexity index is 1480. The van der Waals surface area contributed by atoms with Gasteiger partial charge in [-0.3, -0.25) is 9.78 Å². The van der Waals surface area contributed by atoms with E-state index in [1.165, 1.54) is 19.3 Å². The van der Waals surface area contributed by atoms with Crippen LogP contribution in [0.15, 0.2) is 24.7 Å². The standard InChI is InChI=1S/C36H51ClN8O3/c1-35(2,3)48-34(47)43-14-8-25(9-15-43)23-42-16-10-36(11-17-42)12-18-45(32(36)46)29-19-28(20-38-21-29)40-33-39-22-30(37)31(41-33)44-13-4-5-27(24-44)26-6-7-26/h19-22,25-27H,4-18,23-24H2,1-3H3,(H,39,40,41). The summed E-state index contributed by atoms with van der Waals surface area (Å²) in [5.74, 6) is 3.64. The van der Waals surface area contributed by atoms with Crippen LogP contribution < -0.4 is 15.1 Å². The van der Waals surface area contributed by atoms with E-state index in [1.807, 2.05) is 36.6 Å². The first kappa shape index (κ1) is 33.3. The van der Waals surface area contributed by atoms with E-state index < -0.39 is 5.60 Å². The SMILES string of the molecule is CC(C)(C)OC(=O)N1CCC(CN2CCC3(CC2)CCN(c2cncc(Nc4ncc(Cl)c(N5CCCC(C6CC6)C5)n4)c2)C3=O)CC1. The Morgan fingerprint density at radius 2 is 1.73 bits per heavy atom. The summed E-state index contributed by atoms with van der Waals surface area (Å²) in [5.41, 5.74) is 0.778. The molecule has 11 nitrogen and oxygen atoms in total. The summed E-state index contributed by atoms with van der Waals surface area (Å²) < 4.78 is 5.56. The zero-order chi connectivity index (χ0) is 33.5. The molecule has 4 aliphatic heterocycles. The van der Waals surface area contributed by atoms with Gasteiger partial charge in [-0.05, 0) is 115 Å². The van der Waals surface area contributed by atoms with Gasteiger partial charge in [-0.15, -0.1) is 0 Å². The maximum Gasteiger partial charge on any atom is 0.410 e. The van der Waals surface area contributed by atoms with Gasteiger partial charge in [-0.25, -0.2) is 9.78 Å². The van der Waals surface area contributed by atoms with Crippen molar-refractivity contribution in [2.45, 2.75) is 84.2 Å². The normalized spacial score (nSPS) is 24.0. The zero-order valence-electron chi connectivity index (χ0n) is 28.8. The number of ether oxygens (including phenoxy) is 1. The average molecular weight is 679 g/mol. The highest BCUT2D eigenvalue weighted by atomic mass is 35.5. The molecule has 2 aromatic rings. The fourth-order valence-corrected chi connectivity index (χ4v) is 8.46. The van der Waals surface area contributed by atoms with Gasteiger partial charge in [0.1, 0.15) is 10.6 Å². The predicted octanol–water partition coefficient (Wildman–Crippen LogP) is 6.36. The number of likely N-dealkylation sites (tertiary alicyclic amines) is 2. The van der Waals surface area contributed by atoms with Gasteiger partial charge in [-0.2, -0.15) is 4.98 Å². The third-order valence-corrected chi connectivity index (χ3v) is 11.4. The molecule has 6 heterocycles. The van der Waals surface area contributed by atoms with Crippen molar-refractivity contribution in [2.24, 2.45) is 23.2 Å². The molecule has 5 fully saturated rings. The summed E-state index contributed by atoms with van der Waals surface area (Å²) in [7, 11) is 0. The van der Waals surface area contributed by atoms with Gasteiger partial charge in [0.2, 0.25) is 11.9 Å². The molecule has 2 aromatic heterocycles. The number of nitrogens with zero attached hydrogens (tertiary/aromatic N) is 7. The minimum Gasteiger partial charge on any atom is -0.444 e. The Balaban J connectivity index is 0.921. The molecule has 1 spiro atoms. The predicted molar refractivity (Wildman–Crippen MR) is 188 cm³/mol. The highest BCUT2D eigenvalue weighted by molar-refractivity contribution is 6.32. The third kappa shape index (κ3) is 7.52. The molecule has 1 atom stereocenters. The maximum atomic E-state index is 13.9. The molecule has 0 radical (unpaired) electrons. The summed E-state index contributed by atoms with van der Waals surface area (Å²) in [6.45, 7) is 12.8.